The third-order valence-electron chi connectivity index (χ3n) is 20.3. The van der Waals surface area contributed by atoms with E-state index >= 15 is 0 Å². The van der Waals surface area contributed by atoms with Crippen molar-refractivity contribution in [1.82, 2.24) is 0 Å². The monoisotopic (exact) mass is 851 g/mol. The average Bonchev–Trinajstić information content (AvgIpc) is 4.22. The van der Waals surface area contributed by atoms with Crippen LogP contribution in [0.5, 0.6) is 0 Å². The molecule has 14 rings (SSSR count). The van der Waals surface area contributed by atoms with Crippen LogP contribution in [0, 0.1) is 71.0 Å². The number of benzene rings is 8. The van der Waals surface area contributed by atoms with Crippen molar-refractivity contribution >= 4 is 53.9 Å². The van der Waals surface area contributed by atoms with Gasteiger partial charge in [-0.05, 0) is 204 Å². The predicted octanol–water partition coefficient (Wildman–Crippen LogP) is 18.0. The first-order valence-electron chi connectivity index (χ1n) is 26.0. The molecule has 8 aromatic rings. The summed E-state index contributed by atoms with van der Waals surface area (Å²) < 4.78 is 0. The maximum atomic E-state index is 2.50. The fraction of sp³-hybridized carbons (Fsp3) is 0.415. The fourth-order valence-electron chi connectivity index (χ4n) is 16.1. The first kappa shape index (κ1) is 41.5. The van der Waals surface area contributed by atoms with Crippen LogP contribution in [0.3, 0.4) is 0 Å². The highest BCUT2D eigenvalue weighted by Crippen LogP contribution is 2.61. The van der Waals surface area contributed by atoms with Gasteiger partial charge in [0.1, 0.15) is 0 Å². The van der Waals surface area contributed by atoms with E-state index in [1.165, 1.54) is 92.4 Å². The standard InChI is InChI=1S/C27H26.2C19H22/c1-16-17(2)24-14-20(16)15-26(24)27-22-10-6-4-8-19(22)13-25-21-9-5-3-7-18(21)11-12-23(25)27;2*1-12-13(2)18-10-17(12)11-19(18)16-8-7-14-5-3-4-6-15(14)9-16/h3-13,16-17,20,24,26H,14-15H2,1-2H3;2*3-9,12-13,17-19H,10-11H2,1-2H3/t16?,17?,20-,24-,26+;12?,13?,17-,18-,19?;12?,13?,17-,18-,19-/m000/s1. The van der Waals surface area contributed by atoms with Gasteiger partial charge in [-0.3, -0.25) is 0 Å². The Morgan fingerprint density at radius 2 is 0.677 bits per heavy atom. The lowest BCUT2D eigenvalue weighted by molar-refractivity contribution is 0.232. The number of hydrogen-bond acceptors (Lipinski definition) is 0. The molecule has 15 atom stereocenters. The summed E-state index contributed by atoms with van der Waals surface area (Å²) in [4.78, 5) is 0. The Morgan fingerprint density at radius 1 is 0.277 bits per heavy atom. The van der Waals surface area contributed by atoms with E-state index in [2.05, 4.69) is 193 Å². The van der Waals surface area contributed by atoms with Gasteiger partial charge in [0.2, 0.25) is 0 Å². The highest BCUT2D eigenvalue weighted by atomic mass is 14.6. The lowest BCUT2D eigenvalue weighted by atomic mass is 9.71. The van der Waals surface area contributed by atoms with Crippen molar-refractivity contribution in [3.05, 3.63) is 168 Å². The Kier molecular flexibility index (Phi) is 10.5. The predicted molar refractivity (Wildman–Crippen MR) is 279 cm³/mol. The second kappa shape index (κ2) is 16.4. The van der Waals surface area contributed by atoms with E-state index in [1.54, 1.807) is 16.7 Å². The van der Waals surface area contributed by atoms with Crippen LogP contribution in [-0.4, -0.2) is 0 Å². The molecule has 6 bridgehead atoms. The minimum absolute atomic E-state index is 0.718. The third kappa shape index (κ3) is 6.97. The van der Waals surface area contributed by atoms with E-state index in [0.29, 0.717) is 0 Å². The van der Waals surface area contributed by atoms with Crippen molar-refractivity contribution in [3.8, 4) is 0 Å². The number of fused-ring (bicyclic) bond motifs is 12. The molecule has 0 heterocycles. The van der Waals surface area contributed by atoms with Crippen molar-refractivity contribution in [2.24, 2.45) is 71.0 Å². The SMILES string of the molecule is CC1C(C)[C@@H]2C[C@H]1CC2c1ccc2ccccc2c1.CC1C(C)[C@@H]2C[C@H]1C[C@H]2c1c2ccccc2cc2c1ccc1ccccc12.CC1C(C)[C@@H]2C[C@H]1C[C@H]2c1ccc2ccccc2c1. The van der Waals surface area contributed by atoms with Gasteiger partial charge in [-0.1, -0.05) is 187 Å². The Morgan fingerprint density at radius 3 is 1.17 bits per heavy atom. The van der Waals surface area contributed by atoms with Gasteiger partial charge in [-0.15, -0.1) is 0 Å². The molecule has 7 unspecified atom stereocenters. The van der Waals surface area contributed by atoms with Crippen LogP contribution in [0.2, 0.25) is 0 Å². The summed E-state index contributed by atoms with van der Waals surface area (Å²) in [7, 11) is 0. The molecule has 0 saturated heterocycles. The van der Waals surface area contributed by atoms with Crippen LogP contribution in [-0.2, 0) is 0 Å². The Bertz CT molecular complexity index is 2930. The van der Waals surface area contributed by atoms with E-state index < -0.39 is 0 Å². The van der Waals surface area contributed by atoms with E-state index in [-0.39, 0.29) is 0 Å². The van der Waals surface area contributed by atoms with Gasteiger partial charge in [-0.2, -0.15) is 0 Å². The van der Waals surface area contributed by atoms with Crippen LogP contribution < -0.4 is 0 Å². The van der Waals surface area contributed by atoms with Crippen LogP contribution in [0.15, 0.2) is 152 Å². The highest BCUT2D eigenvalue weighted by Gasteiger charge is 2.51. The van der Waals surface area contributed by atoms with Gasteiger partial charge in [0.25, 0.3) is 0 Å². The molecule has 65 heavy (non-hydrogen) atoms. The molecule has 330 valence electrons. The van der Waals surface area contributed by atoms with Crippen LogP contribution in [0.1, 0.15) is 115 Å². The first-order valence-corrected chi connectivity index (χ1v) is 26.0. The molecule has 0 aromatic heterocycles. The van der Waals surface area contributed by atoms with Gasteiger partial charge in [0.15, 0.2) is 0 Å². The third-order valence-corrected chi connectivity index (χ3v) is 20.3. The molecular formula is C65H70. The molecule has 0 nitrogen and oxygen atoms in total. The largest absolute Gasteiger partial charge is 0.0620 e. The minimum Gasteiger partial charge on any atom is -0.0620 e. The van der Waals surface area contributed by atoms with Gasteiger partial charge in [-0.25, -0.2) is 0 Å². The normalized spacial score (nSPS) is 34.1. The maximum Gasteiger partial charge on any atom is -0.00961 e. The van der Waals surface area contributed by atoms with E-state index in [4.69, 9.17) is 0 Å². The number of hydrogen-bond donors (Lipinski definition) is 0. The van der Waals surface area contributed by atoms with Gasteiger partial charge in [0, 0.05) is 0 Å². The van der Waals surface area contributed by atoms with E-state index in [0.717, 1.165) is 88.8 Å². The molecule has 0 radical (unpaired) electrons. The lowest BCUT2D eigenvalue weighted by Gasteiger charge is -2.33. The lowest BCUT2D eigenvalue weighted by Crippen LogP contribution is -2.23. The summed E-state index contributed by atoms with van der Waals surface area (Å²) in [6, 6.07) is 56.8. The molecule has 0 aliphatic heterocycles. The van der Waals surface area contributed by atoms with Gasteiger partial charge >= 0.3 is 0 Å². The zero-order chi connectivity index (χ0) is 44.1. The first-order chi connectivity index (χ1) is 31.7. The average molecular weight is 851 g/mol. The molecule has 8 aromatic carbocycles. The Hall–Kier alpha value is -4.94. The fourth-order valence-corrected chi connectivity index (χ4v) is 16.1. The summed E-state index contributed by atoms with van der Waals surface area (Å²) in [5.41, 5.74) is 4.81. The van der Waals surface area contributed by atoms with Gasteiger partial charge in [0.05, 0.1) is 0 Å². The summed E-state index contributed by atoms with van der Waals surface area (Å²) in [6.45, 7) is 14.9. The smallest absolute Gasteiger partial charge is 0.00961 e. The summed E-state index contributed by atoms with van der Waals surface area (Å²) in [6.07, 6.45) is 8.61. The quantitative estimate of drug-likeness (QED) is 0.123. The van der Waals surface area contributed by atoms with Crippen molar-refractivity contribution in [3.63, 3.8) is 0 Å². The summed E-state index contributed by atoms with van der Waals surface area (Å²) >= 11 is 0. The second-order valence-electron chi connectivity index (χ2n) is 22.8. The van der Waals surface area contributed by atoms with E-state index in [9.17, 15) is 0 Å². The van der Waals surface area contributed by atoms with Crippen LogP contribution in [0.25, 0.3) is 53.9 Å². The van der Waals surface area contributed by atoms with Crippen LogP contribution >= 0.6 is 0 Å². The molecule has 0 amide bonds. The summed E-state index contributed by atoms with van der Waals surface area (Å²) in [5, 5.41) is 14.1. The molecule has 6 aliphatic carbocycles. The topological polar surface area (TPSA) is 0 Å². The Balaban J connectivity index is 0.000000105. The highest BCUT2D eigenvalue weighted by molar-refractivity contribution is 6.14. The van der Waals surface area contributed by atoms with Crippen molar-refractivity contribution in [2.75, 3.05) is 0 Å². The van der Waals surface area contributed by atoms with Crippen LogP contribution in [0.4, 0.5) is 0 Å². The van der Waals surface area contributed by atoms with Crippen molar-refractivity contribution in [2.45, 2.75) is 97.8 Å². The minimum atomic E-state index is 0.718. The second-order valence-corrected chi connectivity index (χ2v) is 22.8. The molecule has 6 saturated carbocycles. The molecule has 6 fully saturated rings. The Labute approximate surface area is 389 Å². The van der Waals surface area contributed by atoms with Crippen molar-refractivity contribution < 1.29 is 0 Å². The molecule has 0 N–H and O–H groups in total. The van der Waals surface area contributed by atoms with Crippen molar-refractivity contribution in [1.29, 1.82) is 0 Å². The van der Waals surface area contributed by atoms with Gasteiger partial charge < -0.3 is 0 Å². The zero-order valence-corrected chi connectivity index (χ0v) is 39.8. The number of rotatable bonds is 3. The zero-order valence-electron chi connectivity index (χ0n) is 39.8. The molecule has 6 aliphatic rings. The molecule has 0 heteroatoms. The molecular weight excluding hydrogens is 781 g/mol. The molecule has 0 spiro atoms. The maximum absolute atomic E-state index is 2.50. The van der Waals surface area contributed by atoms with E-state index in [1.807, 2.05) is 0 Å². The summed E-state index contributed by atoms with van der Waals surface area (Å²) in [5.74, 6) is 13.4.